The fourth-order valence-electron chi connectivity index (χ4n) is 5.12. The third-order valence-electron chi connectivity index (χ3n) is 6.70. The van der Waals surface area contributed by atoms with Crippen LogP contribution in [0.4, 0.5) is 13.2 Å². The molecular weight excluding hydrogens is 399 g/mol. The average molecular weight is 428 g/mol. The predicted molar refractivity (Wildman–Crippen MR) is 116 cm³/mol. The Bertz CT molecular complexity index is 935. The third kappa shape index (κ3) is 5.25. The number of aryl methyl sites for hydroxylation is 1. The van der Waals surface area contributed by atoms with Crippen molar-refractivity contribution >= 4 is 11.9 Å². The van der Waals surface area contributed by atoms with Gasteiger partial charge in [0.1, 0.15) is 11.7 Å². The molecule has 4 rings (SSSR count). The van der Waals surface area contributed by atoms with Gasteiger partial charge in [0.15, 0.2) is 0 Å². The Morgan fingerprint density at radius 1 is 1.13 bits per heavy atom. The van der Waals surface area contributed by atoms with Crippen molar-refractivity contribution in [3.63, 3.8) is 0 Å². The smallest absolute Gasteiger partial charge is 0.299 e. The van der Waals surface area contributed by atoms with Crippen LogP contribution >= 0.6 is 0 Å². The van der Waals surface area contributed by atoms with E-state index in [-0.39, 0.29) is 24.7 Å². The number of benzene rings is 1. The molecule has 0 saturated heterocycles. The zero-order valence-corrected chi connectivity index (χ0v) is 17.6. The number of pyridine rings is 1. The average Bonchev–Trinajstić information content (AvgIpc) is 2.77. The van der Waals surface area contributed by atoms with Gasteiger partial charge in [0, 0.05) is 18.5 Å². The Morgan fingerprint density at radius 3 is 2.71 bits per heavy atom. The summed E-state index contributed by atoms with van der Waals surface area (Å²) >= 11 is 0. The molecule has 0 spiro atoms. The molecule has 1 heterocycles. The molecule has 1 saturated carbocycles. The van der Waals surface area contributed by atoms with E-state index in [2.05, 4.69) is 23.2 Å². The van der Waals surface area contributed by atoms with Crippen molar-refractivity contribution in [3.05, 3.63) is 71.1 Å². The number of ketones is 1. The van der Waals surface area contributed by atoms with Crippen LogP contribution in [0.5, 0.6) is 0 Å². The van der Waals surface area contributed by atoms with Gasteiger partial charge >= 0.3 is 6.18 Å². The van der Waals surface area contributed by atoms with Gasteiger partial charge in [-0.15, -0.1) is 0 Å². The highest BCUT2D eigenvalue weighted by atomic mass is 19.4. The number of alkyl halides is 3. The number of rotatable bonds is 6. The fraction of sp³-hybridized carbons (Fsp3) is 0.462. The molecule has 0 bridgehead atoms. The van der Waals surface area contributed by atoms with E-state index in [1.54, 1.807) is 30.3 Å². The second kappa shape index (κ2) is 9.37. The molecule has 3 atom stereocenters. The van der Waals surface area contributed by atoms with Crippen LogP contribution in [0.2, 0.25) is 0 Å². The quantitative estimate of drug-likeness (QED) is 0.514. The lowest BCUT2D eigenvalue weighted by atomic mass is 9.75. The van der Waals surface area contributed by atoms with Crippen molar-refractivity contribution in [2.75, 3.05) is 0 Å². The summed E-state index contributed by atoms with van der Waals surface area (Å²) in [5, 5.41) is 0. The first-order valence-corrected chi connectivity index (χ1v) is 11.2. The highest BCUT2D eigenvalue weighted by molar-refractivity contribution is 5.82. The summed E-state index contributed by atoms with van der Waals surface area (Å²) in [7, 11) is 0. The number of Topliss-reactive ketones (excluding diaryl/α,β-unsaturated/α-hetero) is 1. The SMILES string of the molecule is O=C(C[C@@H]1CCCC(c2nccc3c2C=CCC3)C1)C(Cc1ccccc1)C(F)(F)F. The molecule has 2 nitrogen and oxygen atoms in total. The van der Waals surface area contributed by atoms with Crippen LogP contribution in [0.25, 0.3) is 6.08 Å². The summed E-state index contributed by atoms with van der Waals surface area (Å²) in [6.45, 7) is 0. The molecule has 31 heavy (non-hydrogen) atoms. The molecule has 0 N–H and O–H groups in total. The number of carbonyl (C=O) groups is 1. The minimum absolute atomic E-state index is 0.00161. The molecule has 0 amide bonds. The zero-order valence-electron chi connectivity index (χ0n) is 17.6. The Kier molecular flexibility index (Phi) is 6.59. The number of allylic oxidation sites excluding steroid dienone is 1. The molecule has 2 aromatic rings. The van der Waals surface area contributed by atoms with E-state index >= 15 is 0 Å². The van der Waals surface area contributed by atoms with Gasteiger partial charge in [-0.25, -0.2) is 0 Å². The number of nitrogens with zero attached hydrogens (tertiary/aromatic N) is 1. The van der Waals surface area contributed by atoms with E-state index in [1.165, 1.54) is 11.1 Å². The molecule has 0 radical (unpaired) electrons. The molecule has 2 aliphatic carbocycles. The maximum Gasteiger partial charge on any atom is 0.398 e. The maximum absolute atomic E-state index is 13.7. The van der Waals surface area contributed by atoms with Crippen LogP contribution in [0.3, 0.4) is 0 Å². The minimum Gasteiger partial charge on any atom is -0.299 e. The monoisotopic (exact) mass is 427 g/mol. The molecule has 2 aliphatic rings. The summed E-state index contributed by atoms with van der Waals surface area (Å²) in [4.78, 5) is 17.4. The van der Waals surface area contributed by atoms with E-state index in [9.17, 15) is 18.0 Å². The van der Waals surface area contributed by atoms with Gasteiger partial charge in [-0.1, -0.05) is 48.9 Å². The van der Waals surface area contributed by atoms with Crippen molar-refractivity contribution in [3.8, 4) is 0 Å². The molecule has 1 fully saturated rings. The molecule has 1 aromatic carbocycles. The molecule has 164 valence electrons. The van der Waals surface area contributed by atoms with Gasteiger partial charge in [0.25, 0.3) is 0 Å². The second-order valence-corrected chi connectivity index (χ2v) is 8.89. The van der Waals surface area contributed by atoms with Crippen LogP contribution in [0.1, 0.15) is 66.8 Å². The lowest BCUT2D eigenvalue weighted by molar-refractivity contribution is -0.181. The van der Waals surface area contributed by atoms with Gasteiger partial charge in [0.2, 0.25) is 0 Å². The van der Waals surface area contributed by atoms with Gasteiger partial charge in [-0.2, -0.15) is 13.2 Å². The Labute approximate surface area is 181 Å². The summed E-state index contributed by atoms with van der Waals surface area (Å²) in [5.74, 6) is -2.41. The van der Waals surface area contributed by atoms with Crippen molar-refractivity contribution in [2.24, 2.45) is 11.8 Å². The van der Waals surface area contributed by atoms with Crippen molar-refractivity contribution in [1.29, 1.82) is 0 Å². The van der Waals surface area contributed by atoms with Crippen LogP contribution in [-0.4, -0.2) is 16.9 Å². The third-order valence-corrected chi connectivity index (χ3v) is 6.70. The molecule has 2 unspecified atom stereocenters. The topological polar surface area (TPSA) is 30.0 Å². The number of halogens is 3. The van der Waals surface area contributed by atoms with E-state index < -0.39 is 17.9 Å². The van der Waals surface area contributed by atoms with Crippen molar-refractivity contribution in [2.45, 2.75) is 63.5 Å². The van der Waals surface area contributed by atoms with E-state index in [0.29, 0.717) is 5.56 Å². The highest BCUT2D eigenvalue weighted by Crippen LogP contribution is 2.41. The normalized spacial score (nSPS) is 22.0. The number of aromatic nitrogens is 1. The van der Waals surface area contributed by atoms with Gasteiger partial charge in [-0.05, 0) is 67.2 Å². The summed E-state index contributed by atoms with van der Waals surface area (Å²) in [6, 6.07) is 10.5. The number of hydrogen-bond donors (Lipinski definition) is 0. The summed E-state index contributed by atoms with van der Waals surface area (Å²) in [6.07, 6.45) is 6.82. The zero-order chi connectivity index (χ0) is 21.8. The Balaban J connectivity index is 1.46. The van der Waals surface area contributed by atoms with Gasteiger partial charge in [0.05, 0.1) is 5.69 Å². The fourth-order valence-corrected chi connectivity index (χ4v) is 5.12. The minimum atomic E-state index is -4.52. The van der Waals surface area contributed by atoms with E-state index in [0.717, 1.165) is 44.2 Å². The van der Waals surface area contributed by atoms with E-state index in [4.69, 9.17) is 0 Å². The first-order chi connectivity index (χ1) is 14.9. The van der Waals surface area contributed by atoms with Crippen LogP contribution in [-0.2, 0) is 17.6 Å². The molecule has 1 aromatic heterocycles. The molecular formula is C26H28F3NO. The summed E-state index contributed by atoms with van der Waals surface area (Å²) in [5.41, 5.74) is 4.09. The Hall–Kier alpha value is -2.43. The number of carbonyl (C=O) groups excluding carboxylic acids is 1. The second-order valence-electron chi connectivity index (χ2n) is 8.89. The van der Waals surface area contributed by atoms with Gasteiger partial charge < -0.3 is 0 Å². The standard InChI is InChI=1S/C26H28F3NO/c27-26(28,29)23(16-18-7-2-1-3-8-18)24(31)17-19-9-6-11-21(15-19)25-22-12-5-4-10-20(22)13-14-30-25/h1-3,5,7-8,12-14,19,21,23H,4,6,9-11,15-17H2/t19-,21?,23?/m1/s1. The molecule has 5 heteroatoms. The predicted octanol–water partition coefficient (Wildman–Crippen LogP) is 6.70. The van der Waals surface area contributed by atoms with Gasteiger partial charge in [-0.3, -0.25) is 9.78 Å². The van der Waals surface area contributed by atoms with Crippen LogP contribution < -0.4 is 0 Å². The van der Waals surface area contributed by atoms with Crippen molar-refractivity contribution < 1.29 is 18.0 Å². The maximum atomic E-state index is 13.7. The molecule has 0 aliphatic heterocycles. The lowest BCUT2D eigenvalue weighted by Gasteiger charge is -2.31. The Morgan fingerprint density at radius 2 is 1.94 bits per heavy atom. The number of fused-ring (bicyclic) bond motifs is 1. The van der Waals surface area contributed by atoms with Crippen LogP contribution in [0, 0.1) is 11.8 Å². The highest BCUT2D eigenvalue weighted by Gasteiger charge is 2.45. The van der Waals surface area contributed by atoms with Crippen molar-refractivity contribution in [1.82, 2.24) is 4.98 Å². The lowest BCUT2D eigenvalue weighted by Crippen LogP contribution is -2.34. The first kappa shape index (κ1) is 21.8. The number of hydrogen-bond acceptors (Lipinski definition) is 2. The summed E-state index contributed by atoms with van der Waals surface area (Å²) < 4.78 is 41.1. The first-order valence-electron chi connectivity index (χ1n) is 11.2. The van der Waals surface area contributed by atoms with Crippen LogP contribution in [0.15, 0.2) is 48.7 Å². The largest absolute Gasteiger partial charge is 0.398 e. The van der Waals surface area contributed by atoms with E-state index in [1.807, 2.05) is 6.20 Å².